The molecule has 0 radical (unpaired) electrons. The maximum absolute atomic E-state index is 13.2. The molecule has 0 atom stereocenters. The van der Waals surface area contributed by atoms with Crippen molar-refractivity contribution < 1.29 is 17.6 Å². The maximum Gasteiger partial charge on any atom is 0.417 e. The number of halogens is 3. The normalized spacial score (nSPS) is 12.0. The van der Waals surface area contributed by atoms with E-state index in [1.807, 2.05) is 6.92 Å². The van der Waals surface area contributed by atoms with E-state index in [2.05, 4.69) is 9.97 Å². The van der Waals surface area contributed by atoms with E-state index in [-0.39, 0.29) is 23.6 Å². The lowest BCUT2D eigenvalue weighted by atomic mass is 10.1. The van der Waals surface area contributed by atoms with Crippen LogP contribution in [0.4, 0.5) is 13.2 Å². The Bertz CT molecular complexity index is 1190. The first kappa shape index (κ1) is 17.5. The summed E-state index contributed by atoms with van der Waals surface area (Å²) in [5, 5.41) is 0.506. The molecule has 9 heteroatoms. The Kier molecular flexibility index (Phi) is 4.11. The molecule has 0 aliphatic heterocycles. The molecule has 0 saturated heterocycles. The number of thiophene rings is 1. The topological polar surface area (TPSA) is 60.9 Å². The molecule has 0 aliphatic rings. The average molecular weight is 391 g/mol. The summed E-state index contributed by atoms with van der Waals surface area (Å²) >= 11 is 1.42. The summed E-state index contributed by atoms with van der Waals surface area (Å²) in [6.45, 7) is 1.94. The fraction of sp³-hybridized carbons (Fsp3) is 0.167. The molecule has 0 aliphatic carbocycles. The van der Waals surface area contributed by atoms with E-state index in [0.717, 1.165) is 10.9 Å². The molecule has 0 bridgehead atoms. The lowest BCUT2D eigenvalue weighted by Crippen LogP contribution is -2.20. The summed E-state index contributed by atoms with van der Waals surface area (Å²) in [6, 6.07) is 6.82. The lowest BCUT2D eigenvalue weighted by molar-refractivity contribution is -0.137. The molecular weight excluding hydrogens is 379 g/mol. The zero-order valence-electron chi connectivity index (χ0n) is 13.9. The third kappa shape index (κ3) is 3.25. The van der Waals surface area contributed by atoms with Gasteiger partial charge in [-0.1, -0.05) is 12.1 Å². The van der Waals surface area contributed by atoms with E-state index in [1.54, 1.807) is 6.07 Å². The van der Waals surface area contributed by atoms with Gasteiger partial charge in [0.1, 0.15) is 11.1 Å². The van der Waals surface area contributed by atoms with Crippen molar-refractivity contribution in [3.63, 3.8) is 0 Å². The van der Waals surface area contributed by atoms with Crippen molar-refractivity contribution in [2.45, 2.75) is 19.6 Å². The fourth-order valence-corrected chi connectivity index (χ4v) is 3.63. The minimum atomic E-state index is -4.52. The second-order valence-electron chi connectivity index (χ2n) is 5.94. The minimum Gasteiger partial charge on any atom is -0.444 e. The lowest BCUT2D eigenvalue weighted by Gasteiger charge is -2.09. The molecule has 0 spiro atoms. The Morgan fingerprint density at radius 2 is 2.04 bits per heavy atom. The van der Waals surface area contributed by atoms with Crippen molar-refractivity contribution in [2.75, 3.05) is 0 Å². The van der Waals surface area contributed by atoms with Crippen molar-refractivity contribution in [1.82, 2.24) is 14.5 Å². The highest BCUT2D eigenvalue weighted by molar-refractivity contribution is 7.18. The predicted molar refractivity (Wildman–Crippen MR) is 94.7 cm³/mol. The predicted octanol–water partition coefficient (Wildman–Crippen LogP) is 4.49. The molecule has 0 unspecified atom stereocenters. The maximum atomic E-state index is 13.2. The van der Waals surface area contributed by atoms with Crippen molar-refractivity contribution in [3.05, 3.63) is 69.4 Å². The first-order valence-electron chi connectivity index (χ1n) is 7.89. The van der Waals surface area contributed by atoms with Crippen LogP contribution in [-0.4, -0.2) is 14.5 Å². The molecule has 4 aromatic rings. The zero-order chi connectivity index (χ0) is 19.2. The molecule has 4 rings (SSSR count). The second kappa shape index (κ2) is 6.34. The van der Waals surface area contributed by atoms with Crippen molar-refractivity contribution in [2.24, 2.45) is 0 Å². The number of oxazole rings is 1. The summed E-state index contributed by atoms with van der Waals surface area (Å²) in [5.41, 5.74) is -0.875. The molecule has 1 aromatic carbocycles. The second-order valence-corrected chi connectivity index (χ2v) is 7.18. The smallest absolute Gasteiger partial charge is 0.417 e. The number of benzene rings is 1. The first-order valence-corrected chi connectivity index (χ1v) is 8.71. The summed E-state index contributed by atoms with van der Waals surface area (Å²) in [7, 11) is 0. The summed E-state index contributed by atoms with van der Waals surface area (Å²) in [6.07, 6.45) is -1.87. The molecule has 3 heterocycles. The Labute approximate surface area is 154 Å². The largest absolute Gasteiger partial charge is 0.444 e. The number of alkyl halides is 3. The van der Waals surface area contributed by atoms with Crippen LogP contribution in [0.1, 0.15) is 16.1 Å². The SMILES string of the molecule is Cc1cc2c(=O)n(Cc3coc(-c4ccccc4C(F)(F)F)n3)cnc2s1. The molecule has 5 nitrogen and oxygen atoms in total. The molecule has 0 saturated carbocycles. The minimum absolute atomic E-state index is 0.0500. The van der Waals surface area contributed by atoms with Crippen LogP contribution in [0.2, 0.25) is 0 Å². The van der Waals surface area contributed by atoms with Crippen LogP contribution in [0.15, 0.2) is 52.1 Å². The number of hydrogen-bond donors (Lipinski definition) is 0. The van der Waals surface area contributed by atoms with Crippen molar-refractivity contribution in [3.8, 4) is 11.5 Å². The molecule has 0 N–H and O–H groups in total. The molecule has 0 amide bonds. The molecule has 0 fully saturated rings. The van der Waals surface area contributed by atoms with Gasteiger partial charge in [-0.2, -0.15) is 13.2 Å². The Morgan fingerprint density at radius 3 is 2.81 bits per heavy atom. The molecule has 138 valence electrons. The number of nitrogens with zero attached hydrogens (tertiary/aromatic N) is 3. The van der Waals surface area contributed by atoms with Gasteiger partial charge in [0.05, 0.1) is 29.5 Å². The van der Waals surface area contributed by atoms with Gasteiger partial charge < -0.3 is 4.42 Å². The van der Waals surface area contributed by atoms with E-state index < -0.39 is 11.7 Å². The van der Waals surface area contributed by atoms with E-state index in [9.17, 15) is 18.0 Å². The first-order chi connectivity index (χ1) is 12.8. The number of aromatic nitrogens is 3. The highest BCUT2D eigenvalue weighted by Gasteiger charge is 2.34. The van der Waals surface area contributed by atoms with Crippen molar-refractivity contribution >= 4 is 21.6 Å². The van der Waals surface area contributed by atoms with Crippen LogP contribution in [0, 0.1) is 6.92 Å². The average Bonchev–Trinajstić information content (AvgIpc) is 3.23. The zero-order valence-corrected chi connectivity index (χ0v) is 14.8. The summed E-state index contributed by atoms with van der Waals surface area (Å²) in [5.74, 6) is -0.147. The van der Waals surface area contributed by atoms with Crippen LogP contribution < -0.4 is 5.56 Å². The van der Waals surface area contributed by atoms with Gasteiger partial charge >= 0.3 is 6.18 Å². The Balaban J connectivity index is 1.69. The van der Waals surface area contributed by atoms with Gasteiger partial charge in [0.15, 0.2) is 0 Å². The highest BCUT2D eigenvalue weighted by Crippen LogP contribution is 2.36. The van der Waals surface area contributed by atoms with Crippen LogP contribution in [-0.2, 0) is 12.7 Å². The number of hydrogen-bond acceptors (Lipinski definition) is 5. The fourth-order valence-electron chi connectivity index (χ4n) is 2.79. The quantitative estimate of drug-likeness (QED) is 0.516. The van der Waals surface area contributed by atoms with Crippen LogP contribution in [0.25, 0.3) is 21.7 Å². The molecule has 27 heavy (non-hydrogen) atoms. The third-order valence-electron chi connectivity index (χ3n) is 3.99. The van der Waals surface area contributed by atoms with E-state index in [4.69, 9.17) is 4.42 Å². The van der Waals surface area contributed by atoms with Gasteiger partial charge in [-0.25, -0.2) is 9.97 Å². The van der Waals surface area contributed by atoms with Gasteiger partial charge in [0.25, 0.3) is 5.56 Å². The van der Waals surface area contributed by atoms with Crippen LogP contribution in [0.3, 0.4) is 0 Å². The van der Waals surface area contributed by atoms with Gasteiger partial charge in [-0.15, -0.1) is 11.3 Å². The van der Waals surface area contributed by atoms with Crippen molar-refractivity contribution in [1.29, 1.82) is 0 Å². The van der Waals surface area contributed by atoms with Gasteiger partial charge in [-0.05, 0) is 25.1 Å². The van der Waals surface area contributed by atoms with E-state index in [1.165, 1.54) is 46.7 Å². The monoisotopic (exact) mass is 391 g/mol. The number of fused-ring (bicyclic) bond motifs is 1. The van der Waals surface area contributed by atoms with E-state index in [0.29, 0.717) is 15.9 Å². The van der Waals surface area contributed by atoms with E-state index >= 15 is 0 Å². The van der Waals surface area contributed by atoms with Gasteiger partial charge in [0.2, 0.25) is 5.89 Å². The third-order valence-corrected chi connectivity index (χ3v) is 4.95. The van der Waals surface area contributed by atoms with Crippen LogP contribution in [0.5, 0.6) is 0 Å². The summed E-state index contributed by atoms with van der Waals surface area (Å²) < 4.78 is 46.1. The standard InChI is InChI=1S/C18H12F3N3O2S/c1-10-6-13-16(27-10)22-9-24(17(13)25)7-11-8-26-15(23-11)12-4-2-3-5-14(12)18(19,20)21/h2-6,8-9H,7H2,1H3. The number of aryl methyl sites for hydroxylation is 1. The highest BCUT2D eigenvalue weighted by atomic mass is 32.1. The Morgan fingerprint density at radius 1 is 1.26 bits per heavy atom. The summed E-state index contributed by atoms with van der Waals surface area (Å²) in [4.78, 5) is 22.5. The van der Waals surface area contributed by atoms with Gasteiger partial charge in [-0.3, -0.25) is 9.36 Å². The van der Waals surface area contributed by atoms with Gasteiger partial charge in [0, 0.05) is 10.4 Å². The van der Waals surface area contributed by atoms with Crippen LogP contribution >= 0.6 is 11.3 Å². The Hall–Kier alpha value is -2.94. The molecular formula is C18H12F3N3O2S. The number of rotatable bonds is 3. The molecule has 3 aromatic heterocycles.